The maximum Gasteiger partial charge on any atom is 0.354 e. The van der Waals surface area contributed by atoms with Crippen molar-refractivity contribution in [3.05, 3.63) is 95.6 Å². The lowest BCUT2D eigenvalue weighted by atomic mass is 10.1. The number of rotatable bonds is 11. The highest BCUT2D eigenvalue weighted by Gasteiger charge is 2.26. The standard InChI is InChI=1S/C27H23N5O7/c33-15-24(27(38)39)32(13-16-5-1-7-18(28-16)20-9-3-11-22(30-20)25(34)35)14-17-6-2-8-19(29-17)21-10-4-12-23(31-21)26(36)37/h1-12,24,33H,13-15H2,(H,34,35)(H,36,37)(H,38,39). The molecule has 4 aromatic heterocycles. The molecular weight excluding hydrogens is 506 g/mol. The molecule has 198 valence electrons. The molecule has 4 N–H and O–H groups in total. The van der Waals surface area contributed by atoms with E-state index >= 15 is 0 Å². The Labute approximate surface area is 221 Å². The van der Waals surface area contributed by atoms with Gasteiger partial charge < -0.3 is 20.4 Å². The van der Waals surface area contributed by atoms with Crippen LogP contribution < -0.4 is 0 Å². The van der Waals surface area contributed by atoms with Gasteiger partial charge in [-0.25, -0.2) is 29.5 Å². The average Bonchev–Trinajstić information content (AvgIpc) is 2.93. The van der Waals surface area contributed by atoms with Crippen LogP contribution in [0.15, 0.2) is 72.8 Å². The zero-order chi connectivity index (χ0) is 27.9. The second-order valence-corrected chi connectivity index (χ2v) is 8.40. The van der Waals surface area contributed by atoms with Gasteiger partial charge in [0.2, 0.25) is 0 Å². The predicted molar refractivity (Wildman–Crippen MR) is 137 cm³/mol. The van der Waals surface area contributed by atoms with E-state index in [4.69, 9.17) is 0 Å². The van der Waals surface area contributed by atoms with Crippen LogP contribution in [0, 0.1) is 0 Å². The van der Waals surface area contributed by atoms with Crippen LogP contribution in [0.25, 0.3) is 22.8 Å². The fourth-order valence-electron chi connectivity index (χ4n) is 3.86. The Balaban J connectivity index is 1.63. The van der Waals surface area contributed by atoms with Gasteiger partial charge in [0.05, 0.1) is 40.8 Å². The van der Waals surface area contributed by atoms with Crippen molar-refractivity contribution in [1.29, 1.82) is 0 Å². The Morgan fingerprint density at radius 3 is 1.36 bits per heavy atom. The zero-order valence-electron chi connectivity index (χ0n) is 20.4. The minimum absolute atomic E-state index is 0.0165. The van der Waals surface area contributed by atoms with E-state index in [0.717, 1.165) is 0 Å². The quantitative estimate of drug-likeness (QED) is 0.223. The highest BCUT2D eigenvalue weighted by molar-refractivity contribution is 5.86. The van der Waals surface area contributed by atoms with Gasteiger partial charge >= 0.3 is 17.9 Å². The van der Waals surface area contributed by atoms with Crippen molar-refractivity contribution in [3.8, 4) is 22.8 Å². The smallest absolute Gasteiger partial charge is 0.354 e. The molecule has 0 radical (unpaired) electrons. The van der Waals surface area contributed by atoms with Crippen LogP contribution in [0.4, 0.5) is 0 Å². The number of aliphatic hydroxyl groups is 1. The Morgan fingerprint density at radius 1 is 0.615 bits per heavy atom. The summed E-state index contributed by atoms with van der Waals surface area (Å²) in [5.74, 6) is -3.59. The third kappa shape index (κ3) is 6.63. The first-order valence-electron chi connectivity index (χ1n) is 11.7. The first-order chi connectivity index (χ1) is 18.7. The van der Waals surface area contributed by atoms with Crippen molar-refractivity contribution in [2.45, 2.75) is 19.1 Å². The van der Waals surface area contributed by atoms with Crippen LogP contribution in [-0.4, -0.2) is 75.8 Å². The number of carboxylic acid groups (broad SMARTS) is 3. The van der Waals surface area contributed by atoms with Gasteiger partial charge in [0.25, 0.3) is 0 Å². The van der Waals surface area contributed by atoms with Crippen molar-refractivity contribution < 1.29 is 34.8 Å². The minimum atomic E-state index is -1.28. The third-order valence-electron chi connectivity index (χ3n) is 5.70. The number of aliphatic hydroxyl groups excluding tert-OH is 1. The van der Waals surface area contributed by atoms with Gasteiger partial charge in [-0.3, -0.25) is 9.69 Å². The number of nitrogens with zero attached hydrogens (tertiary/aromatic N) is 5. The first kappa shape index (κ1) is 27.0. The normalized spacial score (nSPS) is 11.7. The third-order valence-corrected chi connectivity index (χ3v) is 5.70. The fraction of sp³-hybridized carbons (Fsp3) is 0.148. The Morgan fingerprint density at radius 2 is 1.00 bits per heavy atom. The van der Waals surface area contributed by atoms with E-state index in [1.165, 1.54) is 17.0 Å². The molecule has 4 aromatic rings. The summed E-state index contributed by atoms with van der Waals surface area (Å²) in [6, 6.07) is 17.9. The molecule has 0 saturated carbocycles. The van der Waals surface area contributed by atoms with Crippen molar-refractivity contribution in [2.75, 3.05) is 6.61 Å². The topological polar surface area (TPSA) is 187 Å². The molecule has 0 aliphatic carbocycles. The number of aromatic carboxylic acids is 2. The van der Waals surface area contributed by atoms with Gasteiger partial charge in [-0.1, -0.05) is 24.3 Å². The van der Waals surface area contributed by atoms with E-state index in [2.05, 4.69) is 19.9 Å². The number of carboxylic acids is 3. The van der Waals surface area contributed by atoms with Crippen molar-refractivity contribution >= 4 is 17.9 Å². The summed E-state index contributed by atoms with van der Waals surface area (Å²) in [6.45, 7) is -0.634. The second kappa shape index (κ2) is 12.0. The number of hydrogen-bond donors (Lipinski definition) is 4. The highest BCUT2D eigenvalue weighted by atomic mass is 16.4. The van der Waals surface area contributed by atoms with Crippen LogP contribution in [0.1, 0.15) is 32.4 Å². The molecule has 0 aromatic carbocycles. The molecule has 0 aliphatic rings. The van der Waals surface area contributed by atoms with Gasteiger partial charge in [-0.15, -0.1) is 0 Å². The summed E-state index contributed by atoms with van der Waals surface area (Å²) in [5, 5.41) is 38.1. The molecule has 12 heteroatoms. The number of carbonyl (C=O) groups is 3. The summed E-state index contributed by atoms with van der Waals surface area (Å²) in [7, 11) is 0. The maximum absolute atomic E-state index is 12.0. The Kier molecular flexibility index (Phi) is 8.29. The Bertz CT molecular complexity index is 1420. The summed E-state index contributed by atoms with van der Waals surface area (Å²) in [6.07, 6.45) is 0. The van der Waals surface area contributed by atoms with E-state index < -0.39 is 30.6 Å². The molecule has 0 fully saturated rings. The summed E-state index contributed by atoms with van der Waals surface area (Å²) in [4.78, 5) is 53.3. The number of hydrogen-bond acceptors (Lipinski definition) is 9. The summed E-state index contributed by atoms with van der Waals surface area (Å²) in [5.41, 5.74) is 2.12. The van der Waals surface area contributed by atoms with Crippen LogP contribution >= 0.6 is 0 Å². The molecule has 0 amide bonds. The molecule has 0 spiro atoms. The number of pyridine rings is 4. The molecule has 0 aliphatic heterocycles. The van der Waals surface area contributed by atoms with Gasteiger partial charge in [0.1, 0.15) is 17.4 Å². The lowest BCUT2D eigenvalue weighted by Crippen LogP contribution is -2.43. The van der Waals surface area contributed by atoms with Gasteiger partial charge in [-0.05, 0) is 48.5 Å². The van der Waals surface area contributed by atoms with Gasteiger partial charge in [0.15, 0.2) is 0 Å². The van der Waals surface area contributed by atoms with Crippen molar-refractivity contribution in [1.82, 2.24) is 24.8 Å². The van der Waals surface area contributed by atoms with E-state index in [0.29, 0.717) is 34.2 Å². The monoisotopic (exact) mass is 529 g/mol. The van der Waals surface area contributed by atoms with Gasteiger partial charge in [0, 0.05) is 13.1 Å². The number of aromatic nitrogens is 4. The first-order valence-corrected chi connectivity index (χ1v) is 11.7. The molecule has 0 bridgehead atoms. The zero-order valence-corrected chi connectivity index (χ0v) is 20.4. The summed E-state index contributed by atoms with van der Waals surface area (Å²) < 4.78 is 0. The minimum Gasteiger partial charge on any atom is -0.480 e. The molecule has 12 nitrogen and oxygen atoms in total. The van der Waals surface area contributed by atoms with Gasteiger partial charge in [-0.2, -0.15) is 0 Å². The van der Waals surface area contributed by atoms with E-state index in [1.807, 2.05) is 0 Å². The molecule has 39 heavy (non-hydrogen) atoms. The van der Waals surface area contributed by atoms with E-state index in [9.17, 15) is 34.8 Å². The lowest BCUT2D eigenvalue weighted by Gasteiger charge is -2.27. The second-order valence-electron chi connectivity index (χ2n) is 8.40. The average molecular weight is 530 g/mol. The predicted octanol–water partition coefficient (Wildman–Crippen LogP) is 2.44. The van der Waals surface area contributed by atoms with Crippen LogP contribution in [0.3, 0.4) is 0 Å². The van der Waals surface area contributed by atoms with E-state index in [1.54, 1.807) is 60.7 Å². The lowest BCUT2D eigenvalue weighted by molar-refractivity contribution is -0.145. The van der Waals surface area contributed by atoms with Crippen molar-refractivity contribution in [2.24, 2.45) is 0 Å². The van der Waals surface area contributed by atoms with Crippen LogP contribution in [0.2, 0.25) is 0 Å². The molecule has 4 heterocycles. The summed E-state index contributed by atoms with van der Waals surface area (Å²) >= 11 is 0. The largest absolute Gasteiger partial charge is 0.480 e. The van der Waals surface area contributed by atoms with Crippen LogP contribution in [-0.2, 0) is 17.9 Å². The molecule has 1 atom stereocenters. The number of aliphatic carboxylic acids is 1. The Hall–Kier alpha value is -5.07. The fourth-order valence-corrected chi connectivity index (χ4v) is 3.86. The SMILES string of the molecule is O=C(O)c1cccc(-c2cccc(CN(Cc3cccc(-c4cccc(C(=O)O)n4)n3)C(CO)C(=O)O)n2)n1. The molecule has 4 rings (SSSR count). The molecule has 1 unspecified atom stereocenters. The highest BCUT2D eigenvalue weighted by Crippen LogP contribution is 2.20. The van der Waals surface area contributed by atoms with E-state index in [-0.39, 0.29) is 24.5 Å². The van der Waals surface area contributed by atoms with Crippen LogP contribution in [0.5, 0.6) is 0 Å². The van der Waals surface area contributed by atoms with Crippen molar-refractivity contribution in [3.63, 3.8) is 0 Å². The molecule has 0 saturated heterocycles. The maximum atomic E-state index is 12.0. The molecular formula is C27H23N5O7.